The summed E-state index contributed by atoms with van der Waals surface area (Å²) in [5.74, 6) is 2.18. The number of nitrogens with one attached hydrogen (secondary N) is 1. The van der Waals surface area contributed by atoms with Gasteiger partial charge >= 0.3 is 0 Å². The van der Waals surface area contributed by atoms with E-state index in [-0.39, 0.29) is 5.56 Å². The second-order valence-electron chi connectivity index (χ2n) is 6.30. The van der Waals surface area contributed by atoms with Crippen LogP contribution in [0.15, 0.2) is 29.1 Å². The first-order chi connectivity index (χ1) is 13.5. The number of hydrogen-bond donors (Lipinski definition) is 1. The second-order valence-corrected chi connectivity index (χ2v) is 6.30. The van der Waals surface area contributed by atoms with Gasteiger partial charge in [-0.1, -0.05) is 0 Å². The molecule has 0 aliphatic carbocycles. The van der Waals surface area contributed by atoms with Crippen molar-refractivity contribution in [3.8, 4) is 28.6 Å². The van der Waals surface area contributed by atoms with Gasteiger partial charge in [-0.15, -0.1) is 0 Å². The van der Waals surface area contributed by atoms with E-state index in [1.165, 1.54) is 7.11 Å². The van der Waals surface area contributed by atoms with Crippen LogP contribution in [0.4, 0.5) is 0 Å². The molecule has 0 aliphatic rings. The number of hydrogen-bond acceptors (Lipinski definition) is 6. The number of benzene rings is 2. The summed E-state index contributed by atoms with van der Waals surface area (Å²) in [7, 11) is 8.08. The zero-order chi connectivity index (χ0) is 20.3. The van der Waals surface area contributed by atoms with E-state index in [0.29, 0.717) is 41.4 Å². The predicted octanol–water partition coefficient (Wildman–Crippen LogP) is 2.70. The van der Waals surface area contributed by atoms with Crippen molar-refractivity contribution >= 4 is 19.0 Å². The maximum absolute atomic E-state index is 12.7. The molecular formula is C20H21BN2O5. The van der Waals surface area contributed by atoms with Crippen LogP contribution in [0.1, 0.15) is 11.1 Å². The van der Waals surface area contributed by atoms with Gasteiger partial charge in [-0.2, -0.15) is 0 Å². The number of aryl methyl sites for hydroxylation is 2. The molecule has 8 heteroatoms. The quantitative estimate of drug-likeness (QED) is 0.501. The summed E-state index contributed by atoms with van der Waals surface area (Å²) in [4.78, 5) is 20.2. The Hall–Kier alpha value is -3.00. The van der Waals surface area contributed by atoms with Crippen molar-refractivity contribution in [3.63, 3.8) is 0 Å². The molecule has 0 aliphatic heterocycles. The highest BCUT2D eigenvalue weighted by Crippen LogP contribution is 2.31. The molecule has 3 rings (SSSR count). The second kappa shape index (κ2) is 8.35. The molecule has 0 amide bonds. The maximum Gasteiger partial charge on any atom is 0.282 e. The van der Waals surface area contributed by atoms with Crippen LogP contribution in [0.2, 0.25) is 0 Å². The first-order valence-corrected chi connectivity index (χ1v) is 8.70. The Balaban J connectivity index is 2.10. The maximum atomic E-state index is 12.7. The molecular weight excluding hydrogens is 359 g/mol. The first-order valence-electron chi connectivity index (χ1n) is 8.70. The Morgan fingerprint density at radius 3 is 2.36 bits per heavy atom. The first kappa shape index (κ1) is 19.8. The van der Waals surface area contributed by atoms with Gasteiger partial charge < -0.3 is 23.8 Å². The standard InChI is InChI=1S/C20H21BN2O5/c1-11-7-13(8-12(2)18(11)27-5-6-28-21)19-22-15-9-14(25-3)10-16(26-4)17(15)20(24)23-19/h7-10H,5-6H2,1-4H3,(H,22,23,24). The number of fused-ring (bicyclic) bond motifs is 1. The lowest BCUT2D eigenvalue weighted by atomic mass is 10.0. The minimum Gasteiger partial charge on any atom is -0.497 e. The highest BCUT2D eigenvalue weighted by molar-refractivity contribution is 5.97. The molecule has 0 atom stereocenters. The third-order valence-corrected chi connectivity index (χ3v) is 4.38. The van der Waals surface area contributed by atoms with E-state index < -0.39 is 0 Å². The molecule has 2 radical (unpaired) electrons. The van der Waals surface area contributed by atoms with Gasteiger partial charge in [-0.25, -0.2) is 4.98 Å². The molecule has 0 saturated carbocycles. The van der Waals surface area contributed by atoms with Crippen LogP contribution in [-0.4, -0.2) is 45.5 Å². The van der Waals surface area contributed by atoms with E-state index in [1.807, 2.05) is 26.0 Å². The lowest BCUT2D eigenvalue weighted by molar-refractivity contribution is 0.227. The summed E-state index contributed by atoms with van der Waals surface area (Å²) in [6, 6.07) is 7.19. The molecule has 0 saturated heterocycles. The van der Waals surface area contributed by atoms with E-state index in [9.17, 15) is 4.79 Å². The van der Waals surface area contributed by atoms with Crippen molar-refractivity contribution in [1.82, 2.24) is 9.97 Å². The lowest BCUT2D eigenvalue weighted by Gasteiger charge is -2.14. The van der Waals surface area contributed by atoms with Crippen LogP contribution >= 0.6 is 0 Å². The number of nitrogens with zero attached hydrogens (tertiary/aromatic N) is 1. The van der Waals surface area contributed by atoms with Crippen LogP contribution in [0.3, 0.4) is 0 Å². The van der Waals surface area contributed by atoms with Crippen LogP contribution in [0.25, 0.3) is 22.3 Å². The molecule has 0 unspecified atom stereocenters. The van der Waals surface area contributed by atoms with Crippen molar-refractivity contribution in [2.45, 2.75) is 13.8 Å². The number of rotatable bonds is 7. The molecule has 3 aromatic rings. The van der Waals surface area contributed by atoms with Gasteiger partial charge in [0.2, 0.25) is 0 Å². The van der Waals surface area contributed by atoms with Crippen molar-refractivity contribution < 1.29 is 18.9 Å². The van der Waals surface area contributed by atoms with Crippen molar-refractivity contribution in [2.75, 3.05) is 27.4 Å². The Morgan fingerprint density at radius 2 is 1.75 bits per heavy atom. The summed E-state index contributed by atoms with van der Waals surface area (Å²) in [6.07, 6.45) is 0. The molecule has 0 fully saturated rings. The SMILES string of the molecule is [B]OCCOc1c(C)cc(-c2nc3cc(OC)cc(OC)c3c(=O)[nH]2)cc1C. The molecule has 0 bridgehead atoms. The molecule has 28 heavy (non-hydrogen) atoms. The third-order valence-electron chi connectivity index (χ3n) is 4.38. The molecule has 0 spiro atoms. The van der Waals surface area contributed by atoms with E-state index in [0.717, 1.165) is 22.4 Å². The zero-order valence-electron chi connectivity index (χ0n) is 16.3. The summed E-state index contributed by atoms with van der Waals surface area (Å²) in [5.41, 5.74) is 2.81. The summed E-state index contributed by atoms with van der Waals surface area (Å²) in [5, 5.41) is 0.377. The average molecular weight is 380 g/mol. The lowest BCUT2D eigenvalue weighted by Crippen LogP contribution is -2.11. The Labute approximate surface area is 164 Å². The fourth-order valence-corrected chi connectivity index (χ4v) is 3.13. The number of aromatic amines is 1. The number of methoxy groups -OCH3 is 2. The highest BCUT2D eigenvalue weighted by atomic mass is 16.5. The van der Waals surface area contributed by atoms with Crippen molar-refractivity contribution in [2.24, 2.45) is 0 Å². The van der Waals surface area contributed by atoms with Gasteiger partial charge in [0, 0.05) is 17.7 Å². The fourth-order valence-electron chi connectivity index (χ4n) is 3.13. The fraction of sp³-hybridized carbons (Fsp3) is 0.300. The molecule has 1 N–H and O–H groups in total. The Bertz CT molecular complexity index is 1040. The number of H-pyrrole nitrogens is 1. The van der Waals surface area contributed by atoms with Gasteiger partial charge in [-0.3, -0.25) is 4.79 Å². The minimum absolute atomic E-state index is 0.282. The predicted molar refractivity (Wildman–Crippen MR) is 108 cm³/mol. The molecule has 1 aromatic heterocycles. The minimum atomic E-state index is -0.282. The van der Waals surface area contributed by atoms with Gasteiger partial charge in [0.15, 0.2) is 0 Å². The van der Waals surface area contributed by atoms with Crippen molar-refractivity contribution in [3.05, 3.63) is 45.7 Å². The van der Waals surface area contributed by atoms with E-state index >= 15 is 0 Å². The van der Waals surface area contributed by atoms with E-state index in [4.69, 9.17) is 22.3 Å². The summed E-state index contributed by atoms with van der Waals surface area (Å²) < 4.78 is 20.9. The third kappa shape index (κ3) is 3.82. The van der Waals surface area contributed by atoms with Crippen LogP contribution in [0, 0.1) is 13.8 Å². The van der Waals surface area contributed by atoms with Crippen molar-refractivity contribution in [1.29, 1.82) is 0 Å². The molecule has 144 valence electrons. The smallest absolute Gasteiger partial charge is 0.282 e. The molecule has 1 heterocycles. The monoisotopic (exact) mass is 380 g/mol. The average Bonchev–Trinajstić information content (AvgIpc) is 2.68. The van der Waals surface area contributed by atoms with Gasteiger partial charge in [-0.05, 0) is 37.1 Å². The number of aromatic nitrogens is 2. The van der Waals surface area contributed by atoms with Gasteiger partial charge in [0.25, 0.3) is 13.6 Å². The number of ether oxygens (including phenoxy) is 3. The summed E-state index contributed by atoms with van der Waals surface area (Å²) in [6.45, 7) is 4.51. The topological polar surface area (TPSA) is 82.7 Å². The van der Waals surface area contributed by atoms with Crippen LogP contribution in [-0.2, 0) is 4.65 Å². The van der Waals surface area contributed by atoms with Gasteiger partial charge in [0.05, 0.1) is 26.3 Å². The Morgan fingerprint density at radius 1 is 1.04 bits per heavy atom. The van der Waals surface area contributed by atoms with Crippen LogP contribution < -0.4 is 19.8 Å². The molecule has 2 aromatic carbocycles. The Kier molecular flexibility index (Phi) is 5.89. The van der Waals surface area contributed by atoms with E-state index in [1.54, 1.807) is 19.2 Å². The normalized spacial score (nSPS) is 10.9. The highest BCUT2D eigenvalue weighted by Gasteiger charge is 2.15. The van der Waals surface area contributed by atoms with E-state index in [2.05, 4.69) is 14.6 Å². The van der Waals surface area contributed by atoms with Gasteiger partial charge in [0.1, 0.15) is 35.1 Å². The molecule has 7 nitrogen and oxygen atoms in total. The zero-order valence-corrected chi connectivity index (χ0v) is 16.3. The van der Waals surface area contributed by atoms with Crippen LogP contribution in [0.5, 0.6) is 17.2 Å². The largest absolute Gasteiger partial charge is 0.497 e. The summed E-state index contributed by atoms with van der Waals surface area (Å²) >= 11 is 0.